The molecule has 3 N–H and O–H groups in total. The highest BCUT2D eigenvalue weighted by molar-refractivity contribution is 6.32. The fourth-order valence-corrected chi connectivity index (χ4v) is 1.42. The molecule has 0 saturated carbocycles. The normalized spacial score (nSPS) is 14.1. The number of methoxy groups -OCH3 is 1. The van der Waals surface area contributed by atoms with Crippen LogP contribution in [-0.2, 0) is 9.53 Å². The first-order valence-corrected chi connectivity index (χ1v) is 5.25. The van der Waals surface area contributed by atoms with E-state index in [9.17, 15) is 20.1 Å². The smallest absolute Gasteiger partial charge is 0.308 e. The summed E-state index contributed by atoms with van der Waals surface area (Å²) in [5, 5.41) is 28.8. The van der Waals surface area contributed by atoms with Crippen molar-refractivity contribution in [2.45, 2.75) is 18.6 Å². The second-order valence-corrected chi connectivity index (χ2v) is 3.91. The summed E-state index contributed by atoms with van der Waals surface area (Å²) in [5.74, 6) is -0.830. The van der Waals surface area contributed by atoms with Crippen molar-refractivity contribution >= 4 is 17.6 Å². The lowest BCUT2D eigenvalue weighted by Crippen LogP contribution is -2.22. The molecule has 2 atom stereocenters. The van der Waals surface area contributed by atoms with Gasteiger partial charge in [0.05, 0.1) is 24.7 Å². The summed E-state index contributed by atoms with van der Waals surface area (Å²) in [6.45, 7) is 0. The summed E-state index contributed by atoms with van der Waals surface area (Å²) >= 11 is 5.60. The number of carbonyl (C=O) groups is 1. The minimum Gasteiger partial charge on any atom is -0.506 e. The Labute approximate surface area is 103 Å². The monoisotopic (exact) mass is 260 g/mol. The van der Waals surface area contributed by atoms with Crippen LogP contribution in [0.25, 0.3) is 0 Å². The first-order chi connectivity index (χ1) is 7.95. The molecule has 1 aromatic rings. The van der Waals surface area contributed by atoms with Gasteiger partial charge < -0.3 is 20.1 Å². The topological polar surface area (TPSA) is 87.0 Å². The van der Waals surface area contributed by atoms with Gasteiger partial charge >= 0.3 is 5.97 Å². The number of phenolic OH excluding ortho intramolecular Hbond substituents is 1. The Bertz CT molecular complexity index is 407. The number of aromatic hydroxyl groups is 1. The van der Waals surface area contributed by atoms with Gasteiger partial charge in [-0.05, 0) is 17.7 Å². The van der Waals surface area contributed by atoms with Gasteiger partial charge in [-0.1, -0.05) is 17.7 Å². The number of hydrogen-bond acceptors (Lipinski definition) is 5. The number of aliphatic hydroxyl groups excluding tert-OH is 2. The summed E-state index contributed by atoms with van der Waals surface area (Å²) in [7, 11) is 1.19. The van der Waals surface area contributed by atoms with Crippen molar-refractivity contribution < 1.29 is 24.9 Å². The number of halogens is 1. The molecule has 0 saturated heterocycles. The Balaban J connectivity index is 2.77. The summed E-state index contributed by atoms with van der Waals surface area (Å²) < 4.78 is 4.37. The summed E-state index contributed by atoms with van der Waals surface area (Å²) in [6, 6.07) is 4.07. The second kappa shape index (κ2) is 5.86. The molecule has 2 unspecified atom stereocenters. The van der Waals surface area contributed by atoms with Gasteiger partial charge in [0.15, 0.2) is 0 Å². The molecule has 1 rings (SSSR count). The van der Waals surface area contributed by atoms with Crippen LogP contribution in [0.4, 0.5) is 0 Å². The van der Waals surface area contributed by atoms with E-state index in [4.69, 9.17) is 11.6 Å². The molecule has 0 aliphatic carbocycles. The van der Waals surface area contributed by atoms with Crippen molar-refractivity contribution in [3.05, 3.63) is 28.8 Å². The number of carbonyl (C=O) groups excluding carboxylic acids is 1. The molecule has 1 aromatic carbocycles. The van der Waals surface area contributed by atoms with E-state index in [1.54, 1.807) is 0 Å². The van der Waals surface area contributed by atoms with Crippen molar-refractivity contribution in [1.29, 1.82) is 0 Å². The van der Waals surface area contributed by atoms with Crippen molar-refractivity contribution in [3.63, 3.8) is 0 Å². The van der Waals surface area contributed by atoms with E-state index in [0.717, 1.165) is 0 Å². The molecule has 94 valence electrons. The SMILES string of the molecule is COC(=O)CC(O)C(O)c1ccc(Cl)c(O)c1. The molecule has 0 heterocycles. The van der Waals surface area contributed by atoms with Gasteiger partial charge in [-0.2, -0.15) is 0 Å². The molecular weight excluding hydrogens is 248 g/mol. The van der Waals surface area contributed by atoms with Gasteiger partial charge in [-0.3, -0.25) is 4.79 Å². The number of rotatable bonds is 4. The van der Waals surface area contributed by atoms with Crippen molar-refractivity contribution in [3.8, 4) is 5.75 Å². The highest BCUT2D eigenvalue weighted by Crippen LogP contribution is 2.28. The molecule has 6 heteroatoms. The Morgan fingerprint density at radius 2 is 2.12 bits per heavy atom. The van der Waals surface area contributed by atoms with Gasteiger partial charge in [0, 0.05) is 0 Å². The fraction of sp³-hybridized carbons (Fsp3) is 0.364. The van der Waals surface area contributed by atoms with E-state index in [-0.39, 0.29) is 22.8 Å². The highest BCUT2D eigenvalue weighted by Gasteiger charge is 2.22. The fourth-order valence-electron chi connectivity index (χ4n) is 1.30. The molecule has 0 fully saturated rings. The van der Waals surface area contributed by atoms with Crippen LogP contribution >= 0.6 is 11.6 Å². The summed E-state index contributed by atoms with van der Waals surface area (Å²) in [4.78, 5) is 10.9. The molecule has 0 aliphatic rings. The van der Waals surface area contributed by atoms with Gasteiger partial charge in [0.1, 0.15) is 11.9 Å². The standard InChI is InChI=1S/C11H13ClO5/c1-17-10(15)5-9(14)11(16)6-2-3-7(12)8(13)4-6/h2-4,9,11,13-14,16H,5H2,1H3. The number of hydrogen-bond donors (Lipinski definition) is 3. The molecule has 0 radical (unpaired) electrons. The molecular formula is C11H13ClO5. The highest BCUT2D eigenvalue weighted by atomic mass is 35.5. The summed E-state index contributed by atoms with van der Waals surface area (Å²) in [6.07, 6.45) is -2.93. The molecule has 0 bridgehead atoms. The number of aliphatic hydroxyl groups is 2. The predicted octanol–water partition coefficient (Wildman–Crippen LogP) is 1.00. The van der Waals surface area contributed by atoms with E-state index in [0.29, 0.717) is 0 Å². The maximum atomic E-state index is 10.9. The minimum absolute atomic E-state index is 0.142. The molecule has 0 aromatic heterocycles. The minimum atomic E-state index is -1.30. The number of phenols is 1. The molecule has 17 heavy (non-hydrogen) atoms. The average molecular weight is 261 g/mol. The van der Waals surface area contributed by atoms with Gasteiger partial charge in [0.2, 0.25) is 0 Å². The number of esters is 1. The third-order valence-electron chi connectivity index (χ3n) is 2.28. The largest absolute Gasteiger partial charge is 0.506 e. The zero-order valence-electron chi connectivity index (χ0n) is 9.13. The van der Waals surface area contributed by atoms with Crippen molar-refractivity contribution in [2.75, 3.05) is 7.11 Å². The molecule has 0 amide bonds. The van der Waals surface area contributed by atoms with E-state index >= 15 is 0 Å². The average Bonchev–Trinajstić information content (AvgIpc) is 2.31. The first kappa shape index (κ1) is 13.8. The molecule has 5 nitrogen and oxygen atoms in total. The lowest BCUT2D eigenvalue weighted by atomic mass is 10.0. The summed E-state index contributed by atoms with van der Waals surface area (Å²) in [5.41, 5.74) is 0.267. The molecule has 0 aliphatic heterocycles. The third-order valence-corrected chi connectivity index (χ3v) is 2.60. The third kappa shape index (κ3) is 3.59. The van der Waals surface area contributed by atoms with E-state index in [2.05, 4.69) is 4.74 Å². The quantitative estimate of drug-likeness (QED) is 0.703. The van der Waals surface area contributed by atoms with Crippen LogP contribution in [0.3, 0.4) is 0 Å². The number of benzene rings is 1. The van der Waals surface area contributed by atoms with E-state index in [1.807, 2.05) is 0 Å². The first-order valence-electron chi connectivity index (χ1n) is 4.87. The van der Waals surface area contributed by atoms with Crippen LogP contribution in [0.5, 0.6) is 5.75 Å². The van der Waals surface area contributed by atoms with Crippen LogP contribution < -0.4 is 0 Å². The molecule has 0 spiro atoms. The Kier molecular flexibility index (Phi) is 4.74. The van der Waals surface area contributed by atoms with E-state index in [1.165, 1.54) is 25.3 Å². The Morgan fingerprint density at radius 3 is 2.65 bits per heavy atom. The van der Waals surface area contributed by atoms with E-state index < -0.39 is 18.2 Å². The lowest BCUT2D eigenvalue weighted by Gasteiger charge is -2.17. The second-order valence-electron chi connectivity index (χ2n) is 3.50. The van der Waals surface area contributed by atoms with Crippen LogP contribution in [0, 0.1) is 0 Å². The van der Waals surface area contributed by atoms with Crippen LogP contribution in [0.2, 0.25) is 5.02 Å². The maximum absolute atomic E-state index is 10.9. The van der Waals surface area contributed by atoms with Crippen LogP contribution in [0.15, 0.2) is 18.2 Å². The van der Waals surface area contributed by atoms with Crippen LogP contribution in [-0.4, -0.2) is 34.5 Å². The Morgan fingerprint density at radius 1 is 1.47 bits per heavy atom. The van der Waals surface area contributed by atoms with Gasteiger partial charge in [-0.15, -0.1) is 0 Å². The van der Waals surface area contributed by atoms with Crippen molar-refractivity contribution in [2.24, 2.45) is 0 Å². The van der Waals surface area contributed by atoms with Gasteiger partial charge in [-0.25, -0.2) is 0 Å². The van der Waals surface area contributed by atoms with Gasteiger partial charge in [0.25, 0.3) is 0 Å². The maximum Gasteiger partial charge on any atom is 0.308 e. The Hall–Kier alpha value is -1.30. The lowest BCUT2D eigenvalue weighted by molar-refractivity contribution is -0.144. The van der Waals surface area contributed by atoms with Crippen molar-refractivity contribution in [1.82, 2.24) is 0 Å². The predicted molar refractivity (Wildman–Crippen MR) is 60.7 cm³/mol. The zero-order valence-corrected chi connectivity index (χ0v) is 9.89. The van der Waals surface area contributed by atoms with Crippen LogP contribution in [0.1, 0.15) is 18.1 Å². The zero-order chi connectivity index (χ0) is 13.0. The number of ether oxygens (including phenoxy) is 1.